The first-order chi connectivity index (χ1) is 12.0. The number of furan rings is 1. The van der Waals surface area contributed by atoms with E-state index in [4.69, 9.17) is 4.42 Å². The Bertz CT molecular complexity index is 794. The average Bonchev–Trinajstić information content (AvgIpc) is 3.20. The Labute approximate surface area is 155 Å². The van der Waals surface area contributed by atoms with E-state index in [1.54, 1.807) is 0 Å². The van der Waals surface area contributed by atoms with Crippen LogP contribution in [0.25, 0.3) is 0 Å². The molecule has 1 saturated heterocycles. The molecule has 0 radical (unpaired) electrons. The van der Waals surface area contributed by atoms with Gasteiger partial charge in [0.1, 0.15) is 0 Å². The molecule has 0 bridgehead atoms. The van der Waals surface area contributed by atoms with Crippen LogP contribution in [0.5, 0.6) is 0 Å². The van der Waals surface area contributed by atoms with E-state index in [1.165, 1.54) is 24.6 Å². The van der Waals surface area contributed by atoms with Gasteiger partial charge in [-0.3, -0.25) is 0 Å². The number of anilines is 2. The Hall–Kier alpha value is -2.28. The molecule has 0 unspecified atom stereocenters. The number of nitrogens with one attached hydrogen (secondary N) is 2. The topological polar surface area (TPSA) is 69.9 Å². The predicted octanol–water partition coefficient (Wildman–Crippen LogP) is 4.41. The number of nitrogens with zero attached hydrogens (tertiary/aromatic N) is 2. The zero-order valence-corrected chi connectivity index (χ0v) is 15.9. The summed E-state index contributed by atoms with van der Waals surface area (Å²) < 4.78 is 6.68. The van der Waals surface area contributed by atoms with Crippen LogP contribution in [0.4, 0.5) is 16.4 Å². The highest BCUT2D eigenvalue weighted by molar-refractivity contribution is 9.10. The van der Waals surface area contributed by atoms with Gasteiger partial charge >= 0.3 is 6.03 Å². The fourth-order valence-corrected chi connectivity index (χ4v) is 3.27. The number of hydrogen-bond acceptors (Lipinski definition) is 4. The Balaban J connectivity index is 1.56. The molecule has 2 aromatic rings. The summed E-state index contributed by atoms with van der Waals surface area (Å²) in [6.07, 6.45) is 3.85. The molecule has 1 aromatic carbocycles. The van der Waals surface area contributed by atoms with Gasteiger partial charge in [-0.15, -0.1) is 0 Å². The molecule has 1 aliphatic rings. The third-order valence-electron chi connectivity index (χ3n) is 4.20. The van der Waals surface area contributed by atoms with Gasteiger partial charge in [0.05, 0.1) is 10.7 Å². The van der Waals surface area contributed by atoms with Crippen LogP contribution in [0.2, 0.25) is 0 Å². The minimum absolute atomic E-state index is 0.398. The van der Waals surface area contributed by atoms with Crippen LogP contribution in [-0.4, -0.2) is 25.3 Å². The monoisotopic (exact) mass is 404 g/mol. The van der Waals surface area contributed by atoms with E-state index in [-0.39, 0.29) is 0 Å². The second-order valence-electron chi connectivity index (χ2n) is 6.12. The van der Waals surface area contributed by atoms with Crippen molar-refractivity contribution < 1.29 is 9.21 Å². The standard InChI is InChI=1S/C18H21BrN4O2/c1-12-5-6-14(9-13(12)2)21-18(24)22-20-11-15-10-16(19)17(25-15)23-7-3-4-8-23/h5-6,9-11H,3-4,7-8H2,1-2H3,(H2,21,22,24)/b20-11+. The molecule has 0 aliphatic carbocycles. The molecule has 1 aromatic heterocycles. The molecule has 25 heavy (non-hydrogen) atoms. The number of aryl methyl sites for hydroxylation is 2. The Morgan fingerprint density at radius 2 is 2.00 bits per heavy atom. The van der Waals surface area contributed by atoms with Crippen molar-refractivity contribution in [2.45, 2.75) is 26.7 Å². The number of benzene rings is 1. The number of carbonyl (C=O) groups is 1. The number of amides is 2. The van der Waals surface area contributed by atoms with E-state index in [1.807, 2.05) is 38.1 Å². The minimum Gasteiger partial charge on any atom is -0.438 e. The molecule has 132 valence electrons. The number of hydrazone groups is 1. The number of halogens is 1. The molecular formula is C18H21BrN4O2. The first-order valence-corrected chi connectivity index (χ1v) is 9.04. The number of urea groups is 1. The highest BCUT2D eigenvalue weighted by atomic mass is 79.9. The van der Waals surface area contributed by atoms with Gasteiger partial charge in [-0.2, -0.15) is 5.10 Å². The molecule has 1 fully saturated rings. The van der Waals surface area contributed by atoms with Gasteiger partial charge in [0.2, 0.25) is 5.88 Å². The lowest BCUT2D eigenvalue weighted by Crippen LogP contribution is -2.24. The van der Waals surface area contributed by atoms with E-state index in [9.17, 15) is 4.79 Å². The normalized spacial score (nSPS) is 14.3. The first-order valence-electron chi connectivity index (χ1n) is 8.24. The van der Waals surface area contributed by atoms with E-state index in [0.717, 1.165) is 34.7 Å². The quantitative estimate of drug-likeness (QED) is 0.585. The lowest BCUT2D eigenvalue weighted by atomic mass is 10.1. The zero-order chi connectivity index (χ0) is 17.8. The van der Waals surface area contributed by atoms with Crippen molar-refractivity contribution in [2.24, 2.45) is 5.10 Å². The predicted molar refractivity (Wildman–Crippen MR) is 104 cm³/mol. The summed E-state index contributed by atoms with van der Waals surface area (Å²) in [7, 11) is 0. The van der Waals surface area contributed by atoms with Crippen molar-refractivity contribution >= 4 is 39.7 Å². The van der Waals surface area contributed by atoms with Crippen LogP contribution in [0.3, 0.4) is 0 Å². The summed E-state index contributed by atoms with van der Waals surface area (Å²) in [6, 6.07) is 7.20. The van der Waals surface area contributed by atoms with Crippen LogP contribution >= 0.6 is 15.9 Å². The van der Waals surface area contributed by atoms with E-state index >= 15 is 0 Å². The molecule has 2 heterocycles. The highest BCUT2D eigenvalue weighted by Gasteiger charge is 2.19. The van der Waals surface area contributed by atoms with Crippen molar-refractivity contribution in [1.29, 1.82) is 0 Å². The van der Waals surface area contributed by atoms with Crippen molar-refractivity contribution in [2.75, 3.05) is 23.3 Å². The Morgan fingerprint density at radius 3 is 2.72 bits per heavy atom. The van der Waals surface area contributed by atoms with E-state index in [0.29, 0.717) is 5.76 Å². The first kappa shape index (κ1) is 17.5. The fourth-order valence-electron chi connectivity index (χ4n) is 2.71. The van der Waals surface area contributed by atoms with Crippen LogP contribution in [0.15, 0.2) is 38.3 Å². The maximum atomic E-state index is 11.9. The summed E-state index contributed by atoms with van der Waals surface area (Å²) in [5.74, 6) is 1.40. The maximum Gasteiger partial charge on any atom is 0.339 e. The number of carbonyl (C=O) groups excluding carboxylic acids is 1. The van der Waals surface area contributed by atoms with E-state index < -0.39 is 6.03 Å². The zero-order valence-electron chi connectivity index (χ0n) is 14.3. The SMILES string of the molecule is Cc1ccc(NC(=O)N/N=C/c2cc(Br)c(N3CCCC3)o2)cc1C. The van der Waals surface area contributed by atoms with Crippen molar-refractivity contribution in [3.05, 3.63) is 45.6 Å². The molecule has 6 nitrogen and oxygen atoms in total. The molecule has 0 spiro atoms. The molecule has 1 aliphatic heterocycles. The highest BCUT2D eigenvalue weighted by Crippen LogP contribution is 2.31. The molecular weight excluding hydrogens is 384 g/mol. The van der Waals surface area contributed by atoms with Gasteiger partial charge in [0.15, 0.2) is 5.76 Å². The Kier molecular flexibility index (Phi) is 5.43. The summed E-state index contributed by atoms with van der Waals surface area (Å²) in [4.78, 5) is 14.1. The van der Waals surface area contributed by atoms with Crippen LogP contribution in [0, 0.1) is 13.8 Å². The maximum absolute atomic E-state index is 11.9. The fraction of sp³-hybridized carbons (Fsp3) is 0.333. The lowest BCUT2D eigenvalue weighted by Gasteiger charge is -2.13. The number of hydrogen-bond donors (Lipinski definition) is 2. The van der Waals surface area contributed by atoms with Crippen LogP contribution < -0.4 is 15.6 Å². The molecule has 3 rings (SSSR count). The lowest BCUT2D eigenvalue weighted by molar-refractivity contribution is 0.252. The molecule has 0 saturated carbocycles. The van der Waals surface area contributed by atoms with Gasteiger partial charge < -0.3 is 14.6 Å². The average molecular weight is 405 g/mol. The summed E-state index contributed by atoms with van der Waals surface area (Å²) in [5, 5.41) is 6.68. The van der Waals surface area contributed by atoms with Gasteiger partial charge in [-0.25, -0.2) is 10.2 Å². The van der Waals surface area contributed by atoms with Crippen LogP contribution in [0.1, 0.15) is 29.7 Å². The molecule has 2 amide bonds. The van der Waals surface area contributed by atoms with Gasteiger partial charge in [-0.1, -0.05) is 6.07 Å². The van der Waals surface area contributed by atoms with Crippen molar-refractivity contribution in [3.8, 4) is 0 Å². The molecule has 2 N–H and O–H groups in total. The smallest absolute Gasteiger partial charge is 0.339 e. The second kappa shape index (κ2) is 7.74. The second-order valence-corrected chi connectivity index (χ2v) is 6.97. The third kappa shape index (κ3) is 4.42. The molecule has 0 atom stereocenters. The van der Waals surface area contributed by atoms with Crippen molar-refractivity contribution in [1.82, 2.24) is 5.43 Å². The van der Waals surface area contributed by atoms with Gasteiger partial charge in [0.25, 0.3) is 0 Å². The van der Waals surface area contributed by atoms with Crippen LogP contribution in [-0.2, 0) is 0 Å². The van der Waals surface area contributed by atoms with E-state index in [2.05, 4.69) is 36.7 Å². The minimum atomic E-state index is -0.398. The molecule has 7 heteroatoms. The third-order valence-corrected chi connectivity index (χ3v) is 4.77. The summed E-state index contributed by atoms with van der Waals surface area (Å²) in [6.45, 7) is 6.03. The number of rotatable bonds is 4. The summed E-state index contributed by atoms with van der Waals surface area (Å²) >= 11 is 3.51. The summed E-state index contributed by atoms with van der Waals surface area (Å²) in [5.41, 5.74) is 5.48. The van der Waals surface area contributed by atoms with Crippen molar-refractivity contribution in [3.63, 3.8) is 0 Å². The Morgan fingerprint density at radius 1 is 1.24 bits per heavy atom. The largest absolute Gasteiger partial charge is 0.438 e. The van der Waals surface area contributed by atoms with Gasteiger partial charge in [0, 0.05) is 24.8 Å². The van der Waals surface area contributed by atoms with Gasteiger partial charge in [-0.05, 0) is 65.9 Å².